The number of nitro benzene ring substituents is 1. The van der Waals surface area contributed by atoms with Gasteiger partial charge in [-0.05, 0) is 18.2 Å². The van der Waals surface area contributed by atoms with Crippen LogP contribution >= 0.6 is 0 Å². The smallest absolute Gasteiger partial charge is 0.258 e. The van der Waals surface area contributed by atoms with Crippen molar-refractivity contribution >= 4 is 5.69 Å². The van der Waals surface area contributed by atoms with Gasteiger partial charge in [-0.15, -0.1) is 0 Å². The van der Waals surface area contributed by atoms with Crippen LogP contribution in [-0.2, 0) is 0 Å². The largest absolute Gasteiger partial charge is 0.281 e. The number of nitrogens with zero attached hydrogens (tertiary/aromatic N) is 3. The van der Waals surface area contributed by atoms with Gasteiger partial charge in [0, 0.05) is 6.20 Å². The summed E-state index contributed by atoms with van der Waals surface area (Å²) in [5.41, 5.74) is 0.356. The van der Waals surface area contributed by atoms with Gasteiger partial charge in [0.15, 0.2) is 0 Å². The number of hydrogen-bond acceptors (Lipinski definition) is 4. The van der Waals surface area contributed by atoms with E-state index in [0.29, 0.717) is 5.69 Å². The second kappa shape index (κ2) is 6.39. The number of benzene rings is 1. The Bertz CT molecular complexity index is 532. The number of nitro groups is 1. The lowest BCUT2D eigenvalue weighted by Gasteiger charge is -2.01. The molecule has 0 amide bonds. The number of aromatic nitrogens is 2. The number of hydrogen-bond donors (Lipinski definition) is 0. The Labute approximate surface area is 103 Å². The van der Waals surface area contributed by atoms with E-state index in [0.717, 1.165) is 12.1 Å². The molecule has 2 aromatic rings. The normalized spacial score (nSPS) is 9.28. The molecular formula is C12H12FN3O2. The van der Waals surface area contributed by atoms with Crippen LogP contribution in [0.5, 0.6) is 0 Å². The minimum atomic E-state index is -0.649. The molecular weight excluding hydrogens is 237 g/mol. The maximum atomic E-state index is 12.9. The van der Waals surface area contributed by atoms with Gasteiger partial charge in [0.1, 0.15) is 12.1 Å². The molecule has 94 valence electrons. The van der Waals surface area contributed by atoms with Gasteiger partial charge in [0.25, 0.3) is 5.69 Å². The summed E-state index contributed by atoms with van der Waals surface area (Å²) < 4.78 is 12.9. The van der Waals surface area contributed by atoms with E-state index >= 15 is 0 Å². The van der Waals surface area contributed by atoms with Gasteiger partial charge in [-0.1, -0.05) is 13.8 Å². The molecule has 0 saturated heterocycles. The van der Waals surface area contributed by atoms with Crippen molar-refractivity contribution in [1.82, 2.24) is 9.97 Å². The topological polar surface area (TPSA) is 68.9 Å². The Morgan fingerprint density at radius 1 is 1.28 bits per heavy atom. The molecule has 0 aliphatic carbocycles. The molecule has 18 heavy (non-hydrogen) atoms. The molecule has 1 aromatic heterocycles. The van der Waals surface area contributed by atoms with Crippen molar-refractivity contribution < 1.29 is 9.31 Å². The monoisotopic (exact) mass is 249 g/mol. The van der Waals surface area contributed by atoms with E-state index in [1.54, 1.807) is 0 Å². The van der Waals surface area contributed by atoms with Gasteiger partial charge in [-0.25, -0.2) is 14.4 Å². The van der Waals surface area contributed by atoms with E-state index in [9.17, 15) is 14.5 Å². The molecule has 0 saturated carbocycles. The van der Waals surface area contributed by atoms with Crippen LogP contribution < -0.4 is 0 Å². The SMILES string of the molecule is CC.O=[N+]([O-])c1cc(F)ccc1-c1ccncn1. The predicted octanol–water partition coefficient (Wildman–Crippen LogP) is 3.22. The van der Waals surface area contributed by atoms with Crippen LogP contribution in [0, 0.1) is 15.9 Å². The number of halogens is 1. The van der Waals surface area contributed by atoms with Crippen molar-refractivity contribution in [1.29, 1.82) is 0 Å². The zero-order valence-corrected chi connectivity index (χ0v) is 10.0. The molecule has 0 spiro atoms. The van der Waals surface area contributed by atoms with Crippen LogP contribution in [-0.4, -0.2) is 14.9 Å². The Morgan fingerprint density at radius 2 is 2.00 bits per heavy atom. The summed E-state index contributed by atoms with van der Waals surface area (Å²) in [5, 5.41) is 10.7. The van der Waals surface area contributed by atoms with E-state index in [1.165, 1.54) is 24.7 Å². The minimum absolute atomic E-state index is 0.272. The zero-order valence-electron chi connectivity index (χ0n) is 10.0. The second-order valence-corrected chi connectivity index (χ2v) is 3.01. The van der Waals surface area contributed by atoms with Gasteiger partial charge in [-0.2, -0.15) is 0 Å². The Balaban J connectivity index is 0.000000771. The van der Waals surface area contributed by atoms with E-state index in [-0.39, 0.29) is 11.3 Å². The maximum absolute atomic E-state index is 12.9. The summed E-state index contributed by atoms with van der Waals surface area (Å²) in [6, 6.07) is 4.89. The average Bonchev–Trinajstić information content (AvgIpc) is 2.42. The molecule has 0 bridgehead atoms. The molecule has 0 aliphatic rings. The molecule has 0 aliphatic heterocycles. The van der Waals surface area contributed by atoms with Crippen molar-refractivity contribution in [3.05, 3.63) is 52.7 Å². The molecule has 0 fully saturated rings. The molecule has 1 aromatic carbocycles. The van der Waals surface area contributed by atoms with Crippen molar-refractivity contribution in [2.75, 3.05) is 0 Å². The summed E-state index contributed by atoms with van der Waals surface area (Å²) in [6.07, 6.45) is 2.75. The molecule has 1 heterocycles. The fourth-order valence-electron chi connectivity index (χ4n) is 1.32. The highest BCUT2D eigenvalue weighted by atomic mass is 19.1. The number of rotatable bonds is 2. The highest BCUT2D eigenvalue weighted by molar-refractivity contribution is 5.70. The first-order valence-corrected chi connectivity index (χ1v) is 5.39. The quantitative estimate of drug-likeness (QED) is 0.605. The van der Waals surface area contributed by atoms with Gasteiger partial charge in [0.05, 0.1) is 22.2 Å². The van der Waals surface area contributed by atoms with Gasteiger partial charge in [-0.3, -0.25) is 10.1 Å². The van der Waals surface area contributed by atoms with Gasteiger partial charge >= 0.3 is 0 Å². The van der Waals surface area contributed by atoms with Crippen molar-refractivity contribution in [2.24, 2.45) is 0 Å². The zero-order chi connectivity index (χ0) is 13.5. The Hall–Kier alpha value is -2.37. The summed E-state index contributed by atoms with van der Waals surface area (Å²) in [6.45, 7) is 4.00. The highest BCUT2D eigenvalue weighted by Gasteiger charge is 2.16. The molecule has 0 atom stereocenters. The Morgan fingerprint density at radius 3 is 2.56 bits per heavy atom. The van der Waals surface area contributed by atoms with Crippen molar-refractivity contribution in [3.63, 3.8) is 0 Å². The van der Waals surface area contributed by atoms with Crippen LogP contribution in [0.15, 0.2) is 36.8 Å². The fourth-order valence-corrected chi connectivity index (χ4v) is 1.32. The lowest BCUT2D eigenvalue weighted by Crippen LogP contribution is -1.94. The third kappa shape index (κ3) is 3.07. The first-order valence-electron chi connectivity index (χ1n) is 5.39. The summed E-state index contributed by atoms with van der Waals surface area (Å²) >= 11 is 0. The maximum Gasteiger partial charge on any atom is 0.281 e. The predicted molar refractivity (Wildman–Crippen MR) is 65.4 cm³/mol. The van der Waals surface area contributed by atoms with Gasteiger partial charge in [0.2, 0.25) is 0 Å². The summed E-state index contributed by atoms with van der Waals surface area (Å²) in [5.74, 6) is -0.649. The van der Waals surface area contributed by atoms with Gasteiger partial charge < -0.3 is 0 Å². The van der Waals surface area contributed by atoms with E-state index in [2.05, 4.69) is 9.97 Å². The lowest BCUT2D eigenvalue weighted by atomic mass is 10.1. The van der Waals surface area contributed by atoms with E-state index in [1.807, 2.05) is 13.8 Å². The minimum Gasteiger partial charge on any atom is -0.258 e. The van der Waals surface area contributed by atoms with Crippen molar-refractivity contribution in [2.45, 2.75) is 13.8 Å². The molecule has 5 nitrogen and oxygen atoms in total. The van der Waals surface area contributed by atoms with Crippen LogP contribution in [0.2, 0.25) is 0 Å². The third-order valence-electron chi connectivity index (χ3n) is 2.01. The summed E-state index contributed by atoms with van der Waals surface area (Å²) in [4.78, 5) is 17.7. The van der Waals surface area contributed by atoms with Crippen LogP contribution in [0.3, 0.4) is 0 Å². The lowest BCUT2D eigenvalue weighted by molar-refractivity contribution is -0.384. The molecule has 0 radical (unpaired) electrons. The molecule has 0 N–H and O–H groups in total. The summed E-state index contributed by atoms with van der Waals surface area (Å²) in [7, 11) is 0. The van der Waals surface area contributed by atoms with Crippen molar-refractivity contribution in [3.8, 4) is 11.3 Å². The first-order chi connectivity index (χ1) is 8.68. The second-order valence-electron chi connectivity index (χ2n) is 3.01. The first kappa shape index (κ1) is 13.7. The third-order valence-corrected chi connectivity index (χ3v) is 2.01. The van der Waals surface area contributed by atoms with Crippen LogP contribution in [0.1, 0.15) is 13.8 Å². The van der Waals surface area contributed by atoms with E-state index < -0.39 is 10.7 Å². The molecule has 0 unspecified atom stereocenters. The average molecular weight is 249 g/mol. The standard InChI is InChI=1S/C10H6FN3O2.C2H6/c11-7-1-2-8(10(5-7)14(15)16)9-3-4-12-6-13-9;1-2/h1-6H;1-2H3. The highest BCUT2D eigenvalue weighted by Crippen LogP contribution is 2.28. The molecule has 6 heteroatoms. The fraction of sp³-hybridized carbons (Fsp3) is 0.167. The van der Waals surface area contributed by atoms with E-state index in [4.69, 9.17) is 0 Å². The van der Waals surface area contributed by atoms with Crippen LogP contribution in [0.25, 0.3) is 11.3 Å². The molecule has 2 rings (SSSR count). The Kier molecular flexibility index (Phi) is 4.86. The van der Waals surface area contributed by atoms with Crippen LogP contribution in [0.4, 0.5) is 10.1 Å².